The van der Waals surface area contributed by atoms with Crippen LogP contribution in [0.2, 0.25) is 0 Å². The minimum absolute atomic E-state index is 0.0609. The molecule has 0 aliphatic heterocycles. The highest BCUT2D eigenvalue weighted by atomic mass is 16.3. The SMILES string of the molecule is CCCCCCCCCCC/C=C\C/C=C\CCCCCCCCCCCCCCCC(=O)NC(CO)C(O)/C=C/CCCCCCCCCCCCCCCCCCCCC. The van der Waals surface area contributed by atoms with Crippen molar-refractivity contribution in [2.24, 2.45) is 0 Å². The van der Waals surface area contributed by atoms with Gasteiger partial charge >= 0.3 is 0 Å². The number of aliphatic hydroxyl groups excluding tert-OH is 2. The van der Waals surface area contributed by atoms with Crippen molar-refractivity contribution >= 4 is 5.91 Å². The van der Waals surface area contributed by atoms with Crippen molar-refractivity contribution < 1.29 is 15.0 Å². The summed E-state index contributed by atoms with van der Waals surface area (Å²) in [6, 6.07) is -0.623. The lowest BCUT2D eigenvalue weighted by molar-refractivity contribution is -0.123. The Balaban J connectivity index is 3.49. The molecular formula is C58H111NO3. The summed E-state index contributed by atoms with van der Waals surface area (Å²) < 4.78 is 0. The number of nitrogens with one attached hydrogen (secondary N) is 1. The number of unbranched alkanes of at least 4 members (excludes halogenated alkanes) is 41. The third-order valence-electron chi connectivity index (χ3n) is 13.1. The maximum atomic E-state index is 12.5. The van der Waals surface area contributed by atoms with E-state index in [0.717, 1.165) is 32.1 Å². The van der Waals surface area contributed by atoms with Crippen LogP contribution in [-0.4, -0.2) is 34.9 Å². The predicted octanol–water partition coefficient (Wildman–Crippen LogP) is 18.5. The molecule has 0 heterocycles. The monoisotopic (exact) mass is 870 g/mol. The van der Waals surface area contributed by atoms with E-state index in [4.69, 9.17) is 0 Å². The molecule has 0 bridgehead atoms. The van der Waals surface area contributed by atoms with E-state index in [1.165, 1.54) is 257 Å². The van der Waals surface area contributed by atoms with Crippen molar-refractivity contribution in [2.45, 2.75) is 321 Å². The standard InChI is InChI=1S/C58H111NO3/c1-3-5-7-9-11-13-15-17-19-21-23-25-26-27-28-29-30-31-32-34-36-38-40-42-44-46-48-50-52-54-58(62)59-56(55-60)57(61)53-51-49-47-45-43-41-39-37-35-33-24-22-20-18-16-14-12-10-8-6-4-2/h23,25,27-28,51,53,56-57,60-61H,3-22,24,26,29-50,52,54-55H2,1-2H3,(H,59,62)/b25-23-,28-27-,53-51+. The van der Waals surface area contributed by atoms with Gasteiger partial charge in [-0.3, -0.25) is 4.79 Å². The Morgan fingerprint density at radius 1 is 0.387 bits per heavy atom. The predicted molar refractivity (Wildman–Crippen MR) is 276 cm³/mol. The number of hydrogen-bond acceptors (Lipinski definition) is 3. The minimum atomic E-state index is -0.840. The van der Waals surface area contributed by atoms with Crippen LogP contribution in [0.4, 0.5) is 0 Å². The number of allylic oxidation sites excluding steroid dienone is 5. The number of hydrogen-bond donors (Lipinski definition) is 3. The van der Waals surface area contributed by atoms with E-state index in [1.807, 2.05) is 6.08 Å². The minimum Gasteiger partial charge on any atom is -0.394 e. The fourth-order valence-electron chi connectivity index (χ4n) is 8.80. The van der Waals surface area contributed by atoms with Crippen LogP contribution in [0.15, 0.2) is 36.5 Å². The summed E-state index contributed by atoms with van der Waals surface area (Å²) in [6.45, 7) is 4.34. The van der Waals surface area contributed by atoms with E-state index >= 15 is 0 Å². The van der Waals surface area contributed by atoms with Crippen LogP contribution in [0.3, 0.4) is 0 Å². The first-order valence-electron chi connectivity index (χ1n) is 28.2. The van der Waals surface area contributed by atoms with E-state index in [0.29, 0.717) is 6.42 Å². The Kier molecular flexibility index (Phi) is 52.7. The number of carbonyl (C=O) groups is 1. The van der Waals surface area contributed by atoms with Crippen molar-refractivity contribution in [1.29, 1.82) is 0 Å². The van der Waals surface area contributed by atoms with Crippen molar-refractivity contribution in [1.82, 2.24) is 5.32 Å². The highest BCUT2D eigenvalue weighted by Gasteiger charge is 2.18. The molecule has 0 spiro atoms. The van der Waals surface area contributed by atoms with Gasteiger partial charge in [0, 0.05) is 6.42 Å². The summed E-state index contributed by atoms with van der Waals surface area (Å²) in [5.41, 5.74) is 0. The molecule has 0 aliphatic rings. The molecule has 4 nitrogen and oxygen atoms in total. The first kappa shape index (κ1) is 60.6. The molecule has 2 unspecified atom stereocenters. The largest absolute Gasteiger partial charge is 0.394 e. The third-order valence-corrected chi connectivity index (χ3v) is 13.1. The molecular weight excluding hydrogens is 759 g/mol. The zero-order chi connectivity index (χ0) is 44.9. The molecule has 0 rings (SSSR count). The van der Waals surface area contributed by atoms with Crippen LogP contribution in [-0.2, 0) is 4.79 Å². The van der Waals surface area contributed by atoms with Crippen molar-refractivity contribution in [3.05, 3.63) is 36.5 Å². The van der Waals surface area contributed by atoms with Gasteiger partial charge in [0.15, 0.2) is 0 Å². The van der Waals surface area contributed by atoms with Gasteiger partial charge in [-0.05, 0) is 51.4 Å². The van der Waals surface area contributed by atoms with E-state index in [9.17, 15) is 15.0 Å². The molecule has 0 fully saturated rings. The fourth-order valence-corrected chi connectivity index (χ4v) is 8.80. The number of carbonyl (C=O) groups excluding carboxylic acids is 1. The molecule has 0 aromatic heterocycles. The van der Waals surface area contributed by atoms with E-state index in [-0.39, 0.29) is 12.5 Å². The quantitative estimate of drug-likeness (QED) is 0.0421. The van der Waals surface area contributed by atoms with Gasteiger partial charge in [0.25, 0.3) is 0 Å². The highest BCUT2D eigenvalue weighted by molar-refractivity contribution is 5.76. The van der Waals surface area contributed by atoms with Gasteiger partial charge in [-0.2, -0.15) is 0 Å². The van der Waals surface area contributed by atoms with Crippen molar-refractivity contribution in [2.75, 3.05) is 6.61 Å². The fraction of sp³-hybridized carbons (Fsp3) is 0.879. The average molecular weight is 871 g/mol. The van der Waals surface area contributed by atoms with Crippen LogP contribution >= 0.6 is 0 Å². The molecule has 3 N–H and O–H groups in total. The van der Waals surface area contributed by atoms with Crippen LogP contribution in [0, 0.1) is 0 Å². The van der Waals surface area contributed by atoms with Crippen LogP contribution < -0.4 is 5.32 Å². The summed E-state index contributed by atoms with van der Waals surface area (Å²) in [6.07, 6.45) is 73.0. The van der Waals surface area contributed by atoms with E-state index in [2.05, 4.69) is 43.5 Å². The van der Waals surface area contributed by atoms with Crippen LogP contribution in [0.5, 0.6) is 0 Å². The Bertz CT molecular complexity index is 943. The first-order valence-corrected chi connectivity index (χ1v) is 28.2. The van der Waals surface area contributed by atoms with Gasteiger partial charge in [0.05, 0.1) is 18.8 Å². The molecule has 0 saturated carbocycles. The molecule has 4 heteroatoms. The lowest BCUT2D eigenvalue weighted by Crippen LogP contribution is -2.45. The lowest BCUT2D eigenvalue weighted by Gasteiger charge is -2.20. The van der Waals surface area contributed by atoms with E-state index < -0.39 is 12.1 Å². The number of aliphatic hydroxyl groups is 2. The normalized spacial score (nSPS) is 13.0. The molecule has 1 amide bonds. The molecule has 0 aromatic rings. The van der Waals surface area contributed by atoms with Gasteiger partial charge in [-0.1, -0.05) is 288 Å². The molecule has 2 atom stereocenters. The summed E-state index contributed by atoms with van der Waals surface area (Å²) in [4.78, 5) is 12.5. The van der Waals surface area contributed by atoms with Crippen molar-refractivity contribution in [3.63, 3.8) is 0 Å². The maximum Gasteiger partial charge on any atom is 0.220 e. The number of amides is 1. The Morgan fingerprint density at radius 2 is 0.661 bits per heavy atom. The van der Waals surface area contributed by atoms with Crippen LogP contribution in [0.25, 0.3) is 0 Å². The second-order valence-corrected chi connectivity index (χ2v) is 19.4. The molecule has 366 valence electrons. The zero-order valence-corrected chi connectivity index (χ0v) is 42.2. The summed E-state index contributed by atoms with van der Waals surface area (Å²) in [7, 11) is 0. The van der Waals surface area contributed by atoms with Crippen molar-refractivity contribution in [3.8, 4) is 0 Å². The molecule has 0 aromatic carbocycles. The third kappa shape index (κ3) is 49.6. The summed E-state index contributed by atoms with van der Waals surface area (Å²) in [5, 5.41) is 23.2. The van der Waals surface area contributed by atoms with E-state index in [1.54, 1.807) is 6.08 Å². The maximum absolute atomic E-state index is 12.5. The second kappa shape index (κ2) is 53.9. The summed E-state index contributed by atoms with van der Waals surface area (Å²) in [5.74, 6) is -0.0609. The molecule has 62 heavy (non-hydrogen) atoms. The topological polar surface area (TPSA) is 69.6 Å². The van der Waals surface area contributed by atoms with Gasteiger partial charge in [0.1, 0.15) is 0 Å². The van der Waals surface area contributed by atoms with Gasteiger partial charge < -0.3 is 15.5 Å². The number of rotatable bonds is 52. The van der Waals surface area contributed by atoms with Crippen LogP contribution in [0.1, 0.15) is 309 Å². The molecule has 0 radical (unpaired) electrons. The lowest BCUT2D eigenvalue weighted by atomic mass is 10.0. The zero-order valence-electron chi connectivity index (χ0n) is 42.2. The molecule has 0 saturated heterocycles. The Hall–Kier alpha value is -1.39. The Labute approximate surface area is 389 Å². The first-order chi connectivity index (χ1) is 30.7. The average Bonchev–Trinajstić information content (AvgIpc) is 3.28. The molecule has 0 aliphatic carbocycles. The Morgan fingerprint density at radius 3 is 0.968 bits per heavy atom. The van der Waals surface area contributed by atoms with Gasteiger partial charge in [-0.25, -0.2) is 0 Å². The van der Waals surface area contributed by atoms with Gasteiger partial charge in [0.2, 0.25) is 5.91 Å². The second-order valence-electron chi connectivity index (χ2n) is 19.4. The van der Waals surface area contributed by atoms with Gasteiger partial charge in [-0.15, -0.1) is 0 Å². The highest BCUT2D eigenvalue weighted by Crippen LogP contribution is 2.17. The summed E-state index contributed by atoms with van der Waals surface area (Å²) >= 11 is 0. The smallest absolute Gasteiger partial charge is 0.220 e.